The van der Waals surface area contributed by atoms with Gasteiger partial charge in [0, 0.05) is 53.6 Å². The molecule has 0 amide bonds. The second kappa shape index (κ2) is 21.8. The lowest BCUT2D eigenvalue weighted by Crippen LogP contribution is -2.46. The van der Waals surface area contributed by atoms with Crippen molar-refractivity contribution >= 4 is 155 Å². The van der Waals surface area contributed by atoms with E-state index < -0.39 is 34.7 Å². The molecule has 410 valence electrons. The molecule has 8 nitrogen and oxygen atoms in total. The zero-order valence-electron chi connectivity index (χ0n) is 44.0. The summed E-state index contributed by atoms with van der Waals surface area (Å²) in [7, 11) is 0. The lowest BCUT2D eigenvalue weighted by molar-refractivity contribution is -0.166. The van der Waals surface area contributed by atoms with E-state index in [4.69, 9.17) is 68.2 Å². The van der Waals surface area contributed by atoms with E-state index >= 15 is 19.2 Å². The molecule has 4 aromatic heterocycles. The molecule has 0 bridgehead atoms. The summed E-state index contributed by atoms with van der Waals surface area (Å²) in [6.45, 7) is -0.619. The fourth-order valence-electron chi connectivity index (χ4n) is 11.6. The maximum absolute atomic E-state index is 16.0. The summed E-state index contributed by atoms with van der Waals surface area (Å²) in [6.07, 6.45) is 3.90. The molecule has 0 spiro atoms. The van der Waals surface area contributed by atoms with Crippen LogP contribution in [-0.4, -0.2) is 38.5 Å². The van der Waals surface area contributed by atoms with Gasteiger partial charge in [-0.25, -0.2) is 0 Å². The van der Waals surface area contributed by atoms with Crippen LogP contribution < -0.4 is 0 Å². The number of carbonyl (C=O) groups excluding carboxylic acids is 4. The number of allylic oxidation sites excluding steroid dienone is 1. The Bertz CT molecular complexity index is 4340. The van der Waals surface area contributed by atoms with Gasteiger partial charge < -0.3 is 18.9 Å². The maximum Gasteiger partial charge on any atom is 0.333 e. The number of carbonyl (C=O) groups is 4. The van der Waals surface area contributed by atoms with E-state index in [0.29, 0.717) is 103 Å². The topological polar surface area (TPSA) is 105 Å². The van der Waals surface area contributed by atoms with Crippen molar-refractivity contribution in [2.75, 3.05) is 0 Å². The smallest absolute Gasteiger partial charge is 0.333 e. The average Bonchev–Trinajstić information content (AvgIpc) is 1.52. The summed E-state index contributed by atoms with van der Waals surface area (Å²) in [5.74, 6) is -3.41. The maximum atomic E-state index is 16.0. The number of hydrogen-bond donors (Lipinski definition) is 1. The Morgan fingerprint density at radius 2 is 0.774 bits per heavy atom. The molecule has 4 heterocycles. The molecule has 84 heavy (non-hydrogen) atoms. The number of benzene rings is 6. The molecular formula is C68H42O8S8. The monoisotopic (exact) mass is 1240 g/mol. The van der Waals surface area contributed by atoms with Gasteiger partial charge in [-0.3, -0.25) is 19.2 Å². The highest BCUT2D eigenvalue weighted by Crippen LogP contribution is 2.67. The highest BCUT2D eigenvalue weighted by Gasteiger charge is 2.65. The number of esters is 4. The van der Waals surface area contributed by atoms with E-state index in [1.165, 1.54) is 45.3 Å². The highest BCUT2D eigenvalue weighted by atomic mass is 32.1. The van der Waals surface area contributed by atoms with Crippen molar-refractivity contribution in [3.8, 4) is 19.5 Å². The summed E-state index contributed by atoms with van der Waals surface area (Å²) in [5.41, 5.74) is 4.91. The molecule has 0 fully saturated rings. The summed E-state index contributed by atoms with van der Waals surface area (Å²) < 4.78 is 26.6. The Labute approximate surface area is 520 Å². The molecule has 0 N–H and O–H groups in total. The number of fused-ring (bicyclic) bond motifs is 11. The van der Waals surface area contributed by atoms with Gasteiger partial charge in [0.1, 0.15) is 26.4 Å². The summed E-state index contributed by atoms with van der Waals surface area (Å²) in [6, 6.07) is 56.4. The SMILES string of the molecule is O=C(OCc1ccccc1)C1(C(=O)OCc2ccccc2)c2cc(C=C3C(=S)c4ccccc4C3=S)sc2-c2sc3c4c(sc3c21)-c1sc(/C=C2\C(=S)c3ccccc3C2S)cc1C4(C(=O)OCc1ccccc1)C(=O)OCc1ccccc1. The molecule has 0 saturated carbocycles. The molecule has 10 aromatic rings. The van der Waals surface area contributed by atoms with Crippen LogP contribution in [0.5, 0.6) is 0 Å². The van der Waals surface area contributed by atoms with E-state index in [1.807, 2.05) is 194 Å². The number of thiol groups is 1. The number of rotatable bonds is 14. The third-order valence-electron chi connectivity index (χ3n) is 15.6. The minimum Gasteiger partial charge on any atom is -0.459 e. The fraction of sp³-hybridized carbons (Fsp3) is 0.103. The third-order valence-corrected chi connectivity index (χ3v) is 22.5. The normalized spacial score (nSPS) is 16.0. The third kappa shape index (κ3) is 8.71. The van der Waals surface area contributed by atoms with Crippen LogP contribution in [0.2, 0.25) is 0 Å². The van der Waals surface area contributed by atoms with Crippen LogP contribution in [-0.2, 0) is 75.4 Å². The molecule has 1 atom stereocenters. The van der Waals surface area contributed by atoms with Crippen molar-refractivity contribution in [3.05, 3.63) is 270 Å². The van der Waals surface area contributed by atoms with Crippen LogP contribution in [0, 0.1) is 0 Å². The highest BCUT2D eigenvalue weighted by molar-refractivity contribution is 7.84. The van der Waals surface area contributed by atoms with Crippen molar-refractivity contribution in [3.63, 3.8) is 0 Å². The number of thiocarbonyl (C=S) groups is 3. The zero-order chi connectivity index (χ0) is 57.4. The van der Waals surface area contributed by atoms with Crippen molar-refractivity contribution in [1.82, 2.24) is 0 Å². The Kier molecular flexibility index (Phi) is 14.1. The molecule has 14 rings (SSSR count). The van der Waals surface area contributed by atoms with E-state index in [2.05, 4.69) is 0 Å². The lowest BCUT2D eigenvalue weighted by atomic mass is 9.77. The van der Waals surface area contributed by atoms with Gasteiger partial charge >= 0.3 is 23.9 Å². The summed E-state index contributed by atoms with van der Waals surface area (Å²) in [5, 5.41) is -0.329. The Hall–Kier alpha value is -7.64. The van der Waals surface area contributed by atoms with Gasteiger partial charge in [0.25, 0.3) is 0 Å². The molecule has 0 radical (unpaired) electrons. The Morgan fingerprint density at radius 1 is 0.429 bits per heavy atom. The average molecular weight is 1240 g/mol. The molecule has 4 aliphatic rings. The second-order valence-electron chi connectivity index (χ2n) is 20.5. The van der Waals surface area contributed by atoms with E-state index in [9.17, 15) is 0 Å². The molecule has 0 saturated heterocycles. The van der Waals surface area contributed by atoms with Crippen molar-refractivity contribution < 1.29 is 38.1 Å². The summed E-state index contributed by atoms with van der Waals surface area (Å²) in [4.78, 5) is 69.6. The predicted molar refractivity (Wildman–Crippen MR) is 349 cm³/mol. The predicted octanol–water partition coefficient (Wildman–Crippen LogP) is 15.9. The van der Waals surface area contributed by atoms with Gasteiger partial charge in [-0.05, 0) is 63.2 Å². The van der Waals surface area contributed by atoms with Gasteiger partial charge in [0.15, 0.2) is 0 Å². The minimum atomic E-state index is -2.23. The summed E-state index contributed by atoms with van der Waals surface area (Å²) >= 11 is 28.6. The standard InChI is InChI=1S/C68H42O8S8/c69-63(73-33-37-17-5-1-6-18-37)67(64(70)74-34-38-19-7-2-8-20-38)49-31-41(29-47-53(77)43-25-13-14-26-44(43)54(47)78)81-57(49)59-51(67)61-62(83-59)52-60(84-61)58-50(32-42(82-58)30-48-55(79)45-27-15-16-28-46(45)56(48)80)68(52,65(71)75-35-39-21-9-3-10-22-39)66(72)76-36-40-23-11-4-12-24-40/h1-32,53,77H,33-36H2/b47-29-. The van der Waals surface area contributed by atoms with Crippen LogP contribution in [0.25, 0.3) is 41.1 Å². The van der Waals surface area contributed by atoms with Gasteiger partial charge in [0.2, 0.25) is 10.8 Å². The molecule has 6 aromatic carbocycles. The first-order valence-electron chi connectivity index (χ1n) is 26.6. The minimum absolute atomic E-state index is 0.153. The Morgan fingerprint density at radius 3 is 1.15 bits per heavy atom. The number of thiophene rings is 4. The quantitative estimate of drug-likeness (QED) is 0.0281. The van der Waals surface area contributed by atoms with Crippen LogP contribution in [0.3, 0.4) is 0 Å². The number of hydrogen-bond acceptors (Lipinski definition) is 16. The molecule has 0 aliphatic heterocycles. The van der Waals surface area contributed by atoms with Gasteiger partial charge in [0.05, 0.1) is 43.9 Å². The molecule has 4 aliphatic carbocycles. The van der Waals surface area contributed by atoms with Crippen molar-refractivity contribution in [2.24, 2.45) is 0 Å². The van der Waals surface area contributed by atoms with E-state index in [1.54, 1.807) is 0 Å². The second-order valence-corrected chi connectivity index (χ2v) is 26.4. The Balaban J connectivity index is 1.01. The fourth-order valence-corrected chi connectivity index (χ4v) is 19.0. The van der Waals surface area contributed by atoms with Crippen LogP contribution in [0.15, 0.2) is 193 Å². The largest absolute Gasteiger partial charge is 0.459 e. The lowest BCUT2D eigenvalue weighted by Gasteiger charge is -2.27. The molecule has 1 unspecified atom stereocenters. The van der Waals surface area contributed by atoms with Gasteiger partial charge in [-0.2, -0.15) is 12.6 Å². The van der Waals surface area contributed by atoms with Crippen LogP contribution >= 0.6 is 94.6 Å². The first kappa shape index (κ1) is 54.3. The van der Waals surface area contributed by atoms with E-state index in [-0.39, 0.29) is 31.7 Å². The van der Waals surface area contributed by atoms with Crippen LogP contribution in [0.4, 0.5) is 0 Å². The van der Waals surface area contributed by atoms with Crippen molar-refractivity contribution in [1.29, 1.82) is 0 Å². The number of ether oxygens (including phenoxy) is 4. The zero-order valence-corrected chi connectivity index (χ0v) is 50.6. The van der Waals surface area contributed by atoms with Gasteiger partial charge in [-0.1, -0.05) is 207 Å². The first-order valence-corrected chi connectivity index (χ1v) is 31.6. The molecule has 16 heteroatoms. The van der Waals surface area contributed by atoms with E-state index in [0.717, 1.165) is 27.8 Å². The molecular weight excluding hydrogens is 1200 g/mol. The van der Waals surface area contributed by atoms with Gasteiger partial charge in [-0.15, -0.1) is 45.3 Å². The first-order chi connectivity index (χ1) is 41.0. The van der Waals surface area contributed by atoms with Crippen molar-refractivity contribution in [2.45, 2.75) is 42.5 Å². The van der Waals surface area contributed by atoms with Crippen LogP contribution in [0.1, 0.15) is 81.8 Å².